The number of benzene rings is 1. The number of hydrogen-bond donors (Lipinski definition) is 1. The summed E-state index contributed by atoms with van der Waals surface area (Å²) >= 11 is 5.29. The number of carbonyl (C=O) groups is 2. The second-order valence-electron chi connectivity index (χ2n) is 5.81. The number of hydrogen-bond acceptors (Lipinski definition) is 3. The van der Waals surface area contributed by atoms with Gasteiger partial charge in [0, 0.05) is 13.6 Å². The second-order valence-corrected chi connectivity index (χ2v) is 6.19. The normalized spacial score (nSPS) is 17.5. The van der Waals surface area contributed by atoms with Crippen molar-refractivity contribution >= 4 is 46.9 Å². The molecule has 0 radical (unpaired) electrons. The molecular formula is C16H17Cl2F4N3O3. The number of nitrogens with zero attached hydrogens (tertiary/aromatic N) is 3. The lowest BCUT2D eigenvalue weighted by atomic mass is 10.2. The van der Waals surface area contributed by atoms with Crippen LogP contribution in [-0.2, 0) is 16.6 Å². The van der Waals surface area contributed by atoms with E-state index in [1.54, 1.807) is 0 Å². The van der Waals surface area contributed by atoms with Crippen LogP contribution in [0.2, 0.25) is 0 Å². The number of fused-ring (bicyclic) bond motifs is 1. The van der Waals surface area contributed by atoms with E-state index in [2.05, 4.69) is 4.98 Å². The lowest BCUT2D eigenvalue weighted by Gasteiger charge is -2.24. The number of aromatic nitrogens is 2. The van der Waals surface area contributed by atoms with E-state index in [4.69, 9.17) is 21.5 Å². The van der Waals surface area contributed by atoms with E-state index in [9.17, 15) is 22.4 Å². The summed E-state index contributed by atoms with van der Waals surface area (Å²) in [6, 6.07) is 7.58. The van der Waals surface area contributed by atoms with Crippen LogP contribution in [-0.4, -0.2) is 49.8 Å². The molecule has 0 aliphatic carbocycles. The summed E-state index contributed by atoms with van der Waals surface area (Å²) in [5, 5.41) is 7.12. The maximum Gasteiger partial charge on any atom is 0.490 e. The summed E-state index contributed by atoms with van der Waals surface area (Å²) in [6.07, 6.45) is -3.46. The molecule has 2 heterocycles. The van der Waals surface area contributed by atoms with Gasteiger partial charge in [-0.05, 0) is 25.0 Å². The van der Waals surface area contributed by atoms with E-state index in [1.165, 1.54) is 4.90 Å². The summed E-state index contributed by atoms with van der Waals surface area (Å²) in [5.41, 5.74) is -0.0956. The standard InChI is InChI=1S/C14H15ClFN3O.C2HF3O2.ClH/c1-18-10-6-3-2-5-9(10)17-13(18)11-7-4-8-19(11)14(20)12(15)16;3-2(4,5)1(6)7;/h2-3,5-6,11-12H,4,7-8H2,1H3;(H,6,7);1H. The quantitative estimate of drug-likeness (QED) is 0.562. The number of rotatable bonds is 2. The lowest BCUT2D eigenvalue weighted by molar-refractivity contribution is -0.192. The van der Waals surface area contributed by atoms with Crippen molar-refractivity contribution < 1.29 is 32.3 Å². The number of aryl methyl sites for hydroxylation is 1. The molecule has 1 aliphatic rings. The van der Waals surface area contributed by atoms with Crippen LogP contribution >= 0.6 is 24.0 Å². The van der Waals surface area contributed by atoms with Gasteiger partial charge in [0.15, 0.2) is 0 Å². The molecule has 1 N–H and O–H groups in total. The SMILES string of the molecule is Cl.Cn1c(C2CCCN2C(=O)C(F)Cl)nc2ccccc21.O=C(O)C(F)(F)F. The predicted molar refractivity (Wildman–Crippen MR) is 96.1 cm³/mol. The number of carboxylic acids is 1. The monoisotopic (exact) mass is 445 g/mol. The topological polar surface area (TPSA) is 75.4 Å². The summed E-state index contributed by atoms with van der Waals surface area (Å²) in [4.78, 5) is 26.8. The highest BCUT2D eigenvalue weighted by Gasteiger charge is 2.38. The van der Waals surface area contributed by atoms with Crippen molar-refractivity contribution in [2.24, 2.45) is 7.05 Å². The van der Waals surface area contributed by atoms with Gasteiger partial charge in [0.05, 0.1) is 17.1 Å². The molecular weight excluding hydrogens is 429 g/mol. The van der Waals surface area contributed by atoms with Crippen LogP contribution < -0.4 is 0 Å². The Morgan fingerprint density at radius 3 is 2.39 bits per heavy atom. The molecule has 12 heteroatoms. The molecule has 1 amide bonds. The molecule has 3 rings (SSSR count). The van der Waals surface area contributed by atoms with E-state index in [-0.39, 0.29) is 18.4 Å². The van der Waals surface area contributed by atoms with Crippen LogP contribution in [0.5, 0.6) is 0 Å². The van der Waals surface area contributed by atoms with Crippen LogP contribution in [0.3, 0.4) is 0 Å². The molecule has 0 spiro atoms. The molecule has 28 heavy (non-hydrogen) atoms. The lowest BCUT2D eigenvalue weighted by Crippen LogP contribution is -2.35. The van der Waals surface area contributed by atoms with Crippen molar-refractivity contribution in [2.75, 3.05) is 6.54 Å². The van der Waals surface area contributed by atoms with Gasteiger partial charge in [-0.3, -0.25) is 4.79 Å². The predicted octanol–water partition coefficient (Wildman–Crippen LogP) is 3.83. The Morgan fingerprint density at radius 1 is 1.32 bits per heavy atom. The van der Waals surface area contributed by atoms with Crippen molar-refractivity contribution in [3.05, 3.63) is 30.1 Å². The van der Waals surface area contributed by atoms with Gasteiger partial charge in [0.1, 0.15) is 5.82 Å². The van der Waals surface area contributed by atoms with Gasteiger partial charge in [-0.25, -0.2) is 14.2 Å². The Morgan fingerprint density at radius 2 is 1.89 bits per heavy atom. The highest BCUT2D eigenvalue weighted by Crippen LogP contribution is 2.33. The van der Waals surface area contributed by atoms with E-state index >= 15 is 0 Å². The van der Waals surface area contributed by atoms with Gasteiger partial charge < -0.3 is 14.6 Å². The van der Waals surface area contributed by atoms with Gasteiger partial charge in [0.25, 0.3) is 11.5 Å². The molecule has 2 atom stereocenters. The summed E-state index contributed by atoms with van der Waals surface area (Å²) in [7, 11) is 1.92. The Hall–Kier alpha value is -2.07. The molecule has 156 valence electrons. The van der Waals surface area contributed by atoms with Gasteiger partial charge >= 0.3 is 12.1 Å². The van der Waals surface area contributed by atoms with Crippen molar-refractivity contribution in [2.45, 2.75) is 30.7 Å². The third-order valence-corrected chi connectivity index (χ3v) is 4.27. The zero-order valence-electron chi connectivity index (χ0n) is 14.5. The first kappa shape index (κ1) is 24.0. The first-order chi connectivity index (χ1) is 12.5. The van der Waals surface area contributed by atoms with E-state index in [0.29, 0.717) is 6.54 Å². The Bertz CT molecular complexity index is 842. The maximum absolute atomic E-state index is 13.1. The highest BCUT2D eigenvalue weighted by atomic mass is 35.5. The largest absolute Gasteiger partial charge is 0.490 e. The Kier molecular flexibility index (Phi) is 8.06. The minimum atomic E-state index is -5.08. The number of para-hydroxylation sites is 2. The van der Waals surface area contributed by atoms with Crippen LogP contribution in [0, 0.1) is 0 Å². The number of amides is 1. The number of alkyl halides is 5. The van der Waals surface area contributed by atoms with Crippen LogP contribution in [0.25, 0.3) is 11.0 Å². The smallest absolute Gasteiger partial charge is 0.475 e. The van der Waals surface area contributed by atoms with E-state index in [1.807, 2.05) is 35.9 Å². The average molecular weight is 446 g/mol. The van der Waals surface area contributed by atoms with Crippen molar-refractivity contribution in [1.29, 1.82) is 0 Å². The first-order valence-corrected chi connectivity index (χ1v) is 8.27. The zero-order chi connectivity index (χ0) is 20.4. The number of carboxylic acid groups (broad SMARTS) is 1. The molecule has 1 aliphatic heterocycles. The number of likely N-dealkylation sites (tertiary alicyclic amines) is 1. The minimum absolute atomic E-state index is 0. The van der Waals surface area contributed by atoms with Crippen LogP contribution in [0.4, 0.5) is 17.6 Å². The molecule has 1 aromatic carbocycles. The minimum Gasteiger partial charge on any atom is -0.475 e. The molecule has 1 fully saturated rings. The molecule has 2 unspecified atom stereocenters. The second kappa shape index (κ2) is 9.42. The van der Waals surface area contributed by atoms with Crippen molar-refractivity contribution in [1.82, 2.24) is 14.5 Å². The van der Waals surface area contributed by atoms with Crippen LogP contribution in [0.15, 0.2) is 24.3 Å². The molecule has 2 aromatic rings. The van der Waals surface area contributed by atoms with Crippen LogP contribution in [0.1, 0.15) is 24.7 Å². The fourth-order valence-corrected chi connectivity index (χ4v) is 3.01. The van der Waals surface area contributed by atoms with Gasteiger partial charge in [-0.15, -0.1) is 12.4 Å². The molecule has 0 saturated carbocycles. The molecule has 0 bridgehead atoms. The van der Waals surface area contributed by atoms with Crippen molar-refractivity contribution in [3.63, 3.8) is 0 Å². The van der Waals surface area contributed by atoms with E-state index in [0.717, 1.165) is 29.7 Å². The summed E-state index contributed by atoms with van der Waals surface area (Å²) in [5.74, 6) is -2.64. The molecule has 1 saturated heterocycles. The van der Waals surface area contributed by atoms with Gasteiger partial charge in [-0.1, -0.05) is 23.7 Å². The first-order valence-electron chi connectivity index (χ1n) is 7.84. The number of imidazole rings is 1. The summed E-state index contributed by atoms with van der Waals surface area (Å²) in [6.45, 7) is 0.528. The number of carbonyl (C=O) groups excluding carboxylic acids is 1. The van der Waals surface area contributed by atoms with Gasteiger partial charge in [-0.2, -0.15) is 13.2 Å². The van der Waals surface area contributed by atoms with E-state index < -0.39 is 23.7 Å². The van der Waals surface area contributed by atoms with Crippen molar-refractivity contribution in [3.8, 4) is 0 Å². The fraction of sp³-hybridized carbons (Fsp3) is 0.438. The maximum atomic E-state index is 13.1. The third kappa shape index (κ3) is 5.26. The summed E-state index contributed by atoms with van der Waals surface area (Å²) < 4.78 is 46.8. The fourth-order valence-electron chi connectivity index (χ4n) is 2.89. The molecule has 1 aromatic heterocycles. The number of halogens is 6. The average Bonchev–Trinajstić information content (AvgIpc) is 3.19. The third-order valence-electron chi connectivity index (χ3n) is 4.08. The number of aliphatic carboxylic acids is 1. The Balaban J connectivity index is 0.000000425. The molecule has 6 nitrogen and oxygen atoms in total. The highest BCUT2D eigenvalue weighted by molar-refractivity contribution is 6.29. The van der Waals surface area contributed by atoms with Gasteiger partial charge in [0.2, 0.25) is 0 Å². The zero-order valence-corrected chi connectivity index (χ0v) is 16.1. The Labute approximate surface area is 168 Å².